The summed E-state index contributed by atoms with van der Waals surface area (Å²) in [5, 5.41) is 12.7. The number of carbonyl (C=O) groups excluding carboxylic acids is 1. The van der Waals surface area contributed by atoms with E-state index < -0.39 is 5.97 Å². The van der Waals surface area contributed by atoms with Crippen molar-refractivity contribution in [2.75, 3.05) is 0 Å². The molecule has 0 aliphatic rings. The number of hydrogen-bond acceptors (Lipinski definition) is 4. The molecule has 16 heavy (non-hydrogen) atoms. The van der Waals surface area contributed by atoms with Gasteiger partial charge < -0.3 is 5.11 Å². The average molecular weight is 217 g/mol. The third-order valence-corrected chi connectivity index (χ3v) is 1.97. The largest absolute Gasteiger partial charge is 0.478 e. The zero-order chi connectivity index (χ0) is 11.5. The lowest BCUT2D eigenvalue weighted by Gasteiger charge is -2.00. The Balaban J connectivity index is 2.43. The molecule has 0 aliphatic heterocycles. The van der Waals surface area contributed by atoms with Crippen LogP contribution in [0.4, 0.5) is 0 Å². The van der Waals surface area contributed by atoms with Gasteiger partial charge in [-0.15, -0.1) is 0 Å². The molecule has 0 aliphatic carbocycles. The Morgan fingerprint density at radius 3 is 2.81 bits per heavy atom. The number of pyridine rings is 1. The molecule has 1 N–H and O–H groups in total. The summed E-state index contributed by atoms with van der Waals surface area (Å²) in [5.74, 6) is -1.06. The van der Waals surface area contributed by atoms with Crippen molar-refractivity contribution in [2.24, 2.45) is 0 Å². The fourth-order valence-electron chi connectivity index (χ4n) is 1.21. The highest BCUT2D eigenvalue weighted by Crippen LogP contribution is 2.08. The molecule has 2 aromatic heterocycles. The van der Waals surface area contributed by atoms with Crippen molar-refractivity contribution in [1.29, 1.82) is 0 Å². The van der Waals surface area contributed by atoms with Crippen molar-refractivity contribution in [2.45, 2.75) is 0 Å². The van der Waals surface area contributed by atoms with Crippen LogP contribution in [0.2, 0.25) is 0 Å². The zero-order valence-electron chi connectivity index (χ0n) is 8.07. The fourth-order valence-corrected chi connectivity index (χ4v) is 1.21. The van der Waals surface area contributed by atoms with Crippen molar-refractivity contribution in [1.82, 2.24) is 14.8 Å². The first-order chi connectivity index (χ1) is 7.70. The predicted molar refractivity (Wildman–Crippen MR) is 53.7 cm³/mol. The molecule has 0 fully saturated rings. The second-order valence-electron chi connectivity index (χ2n) is 3.07. The number of carboxylic acid groups (broad SMARTS) is 1. The van der Waals surface area contributed by atoms with Crippen molar-refractivity contribution < 1.29 is 14.7 Å². The highest BCUT2D eigenvalue weighted by atomic mass is 16.4. The van der Waals surface area contributed by atoms with Crippen LogP contribution in [-0.4, -0.2) is 32.1 Å². The van der Waals surface area contributed by atoms with Crippen LogP contribution >= 0.6 is 0 Å². The van der Waals surface area contributed by atoms with Gasteiger partial charge in [-0.05, 0) is 6.07 Å². The van der Waals surface area contributed by atoms with Gasteiger partial charge in [0.25, 0.3) is 0 Å². The Morgan fingerprint density at radius 2 is 2.19 bits per heavy atom. The molecule has 6 nitrogen and oxygen atoms in total. The lowest BCUT2D eigenvalue weighted by atomic mass is 10.2. The minimum absolute atomic E-state index is 0.0700. The molecule has 80 valence electrons. The van der Waals surface area contributed by atoms with Crippen LogP contribution in [0.5, 0.6) is 0 Å². The molecule has 2 heterocycles. The molecular weight excluding hydrogens is 210 g/mol. The maximum Gasteiger partial charge on any atom is 0.337 e. The van der Waals surface area contributed by atoms with E-state index in [0.717, 1.165) is 0 Å². The molecule has 0 unspecified atom stereocenters. The predicted octanol–water partition coefficient (Wildman–Crippen LogP) is 0.778. The lowest BCUT2D eigenvalue weighted by Crippen LogP contribution is -2.01. The van der Waals surface area contributed by atoms with Gasteiger partial charge in [-0.25, -0.2) is 9.48 Å². The van der Waals surface area contributed by atoms with Gasteiger partial charge in [0.2, 0.25) is 0 Å². The summed E-state index contributed by atoms with van der Waals surface area (Å²) in [6.07, 6.45) is 6.26. The minimum atomic E-state index is -1.06. The maximum atomic E-state index is 10.7. The van der Waals surface area contributed by atoms with Crippen LogP contribution in [0, 0.1) is 0 Å². The van der Waals surface area contributed by atoms with E-state index >= 15 is 0 Å². The summed E-state index contributed by atoms with van der Waals surface area (Å²) in [6.45, 7) is 0. The smallest absolute Gasteiger partial charge is 0.337 e. The number of aldehydes is 1. The van der Waals surface area contributed by atoms with E-state index in [0.29, 0.717) is 17.5 Å². The number of carbonyl (C=O) groups is 2. The van der Waals surface area contributed by atoms with Crippen LogP contribution in [-0.2, 0) is 0 Å². The molecule has 0 saturated heterocycles. The standard InChI is InChI=1S/C10H7N3O3/c14-6-7-2-12-13(5-7)9-1-8(10(15)16)3-11-4-9/h1-6H,(H,15,16). The molecule has 0 amide bonds. The topological polar surface area (TPSA) is 85.1 Å². The van der Waals surface area contributed by atoms with Gasteiger partial charge in [0.1, 0.15) is 0 Å². The molecule has 0 radical (unpaired) electrons. The summed E-state index contributed by atoms with van der Waals surface area (Å²) in [5.41, 5.74) is 0.981. The summed E-state index contributed by atoms with van der Waals surface area (Å²) in [4.78, 5) is 25.0. The molecule has 0 aromatic carbocycles. The van der Waals surface area contributed by atoms with Gasteiger partial charge in [-0.3, -0.25) is 9.78 Å². The summed E-state index contributed by atoms with van der Waals surface area (Å²) < 4.78 is 1.39. The highest BCUT2D eigenvalue weighted by Gasteiger charge is 2.06. The fraction of sp³-hybridized carbons (Fsp3) is 0. The third kappa shape index (κ3) is 1.81. The third-order valence-electron chi connectivity index (χ3n) is 1.97. The molecular formula is C10H7N3O3. The van der Waals surface area contributed by atoms with Gasteiger partial charge in [0, 0.05) is 12.4 Å². The molecule has 2 aromatic rings. The number of carboxylic acids is 1. The lowest BCUT2D eigenvalue weighted by molar-refractivity contribution is 0.0696. The van der Waals surface area contributed by atoms with Crippen LogP contribution in [0.15, 0.2) is 30.9 Å². The molecule has 0 spiro atoms. The Labute approximate surface area is 90.2 Å². The van der Waals surface area contributed by atoms with Crippen molar-refractivity contribution >= 4 is 12.3 Å². The van der Waals surface area contributed by atoms with Crippen LogP contribution in [0.3, 0.4) is 0 Å². The number of rotatable bonds is 3. The Morgan fingerprint density at radius 1 is 1.38 bits per heavy atom. The number of hydrogen-bond donors (Lipinski definition) is 1. The molecule has 2 rings (SSSR count). The van der Waals surface area contributed by atoms with Gasteiger partial charge >= 0.3 is 5.97 Å². The quantitative estimate of drug-likeness (QED) is 0.768. The first-order valence-corrected chi connectivity index (χ1v) is 4.39. The van der Waals surface area contributed by atoms with E-state index in [-0.39, 0.29) is 5.56 Å². The normalized spacial score (nSPS) is 10.0. The van der Waals surface area contributed by atoms with Crippen molar-refractivity contribution in [3.63, 3.8) is 0 Å². The molecule has 0 bridgehead atoms. The van der Waals surface area contributed by atoms with E-state index in [4.69, 9.17) is 5.11 Å². The number of aromatic carboxylic acids is 1. The summed E-state index contributed by atoms with van der Waals surface area (Å²) in [6, 6.07) is 1.43. The Hall–Kier alpha value is -2.50. The SMILES string of the molecule is O=Cc1cnn(-c2cncc(C(=O)O)c2)c1. The molecule has 6 heteroatoms. The number of aromatic nitrogens is 3. The van der Waals surface area contributed by atoms with E-state index in [1.54, 1.807) is 0 Å². The van der Waals surface area contributed by atoms with Crippen molar-refractivity contribution in [3.8, 4) is 5.69 Å². The van der Waals surface area contributed by atoms with Gasteiger partial charge in [0.05, 0.1) is 29.2 Å². The Kier molecular flexibility index (Phi) is 2.47. The van der Waals surface area contributed by atoms with E-state index in [9.17, 15) is 9.59 Å². The average Bonchev–Trinajstić information content (AvgIpc) is 2.77. The van der Waals surface area contributed by atoms with E-state index in [1.165, 1.54) is 35.5 Å². The number of nitrogens with zero attached hydrogens (tertiary/aromatic N) is 3. The van der Waals surface area contributed by atoms with Gasteiger partial charge in [-0.1, -0.05) is 0 Å². The second-order valence-corrected chi connectivity index (χ2v) is 3.07. The zero-order valence-corrected chi connectivity index (χ0v) is 8.07. The monoisotopic (exact) mass is 217 g/mol. The molecule has 0 saturated carbocycles. The summed E-state index contributed by atoms with van der Waals surface area (Å²) in [7, 11) is 0. The van der Waals surface area contributed by atoms with Crippen LogP contribution < -0.4 is 0 Å². The highest BCUT2D eigenvalue weighted by molar-refractivity contribution is 5.87. The van der Waals surface area contributed by atoms with Gasteiger partial charge in [-0.2, -0.15) is 5.10 Å². The van der Waals surface area contributed by atoms with Crippen LogP contribution in [0.25, 0.3) is 5.69 Å². The summed E-state index contributed by atoms with van der Waals surface area (Å²) >= 11 is 0. The van der Waals surface area contributed by atoms with Crippen molar-refractivity contribution in [3.05, 3.63) is 42.0 Å². The first-order valence-electron chi connectivity index (χ1n) is 4.39. The molecule has 0 atom stereocenters. The second kappa shape index (κ2) is 3.93. The van der Waals surface area contributed by atoms with E-state index in [1.807, 2.05) is 0 Å². The first kappa shape index (κ1) is 10.0. The van der Waals surface area contributed by atoms with Crippen LogP contribution in [0.1, 0.15) is 20.7 Å². The van der Waals surface area contributed by atoms with E-state index in [2.05, 4.69) is 10.1 Å². The van der Waals surface area contributed by atoms with Gasteiger partial charge in [0.15, 0.2) is 6.29 Å². The Bertz CT molecular complexity index is 548. The minimum Gasteiger partial charge on any atom is -0.478 e. The maximum absolute atomic E-state index is 10.7.